The van der Waals surface area contributed by atoms with Crippen LogP contribution in [-0.4, -0.2) is 23.6 Å². The summed E-state index contributed by atoms with van der Waals surface area (Å²) in [6, 6.07) is 3.05. The largest absolute Gasteiger partial charge is 0.411 e. The van der Waals surface area contributed by atoms with E-state index in [0.29, 0.717) is 6.29 Å². The summed E-state index contributed by atoms with van der Waals surface area (Å²) in [4.78, 5) is 10.3. The van der Waals surface area contributed by atoms with E-state index in [1.165, 1.54) is 16.8 Å². The molecule has 0 spiro atoms. The number of hydrogen-bond donors (Lipinski definition) is 0. The molecule has 0 radical (unpaired) electrons. The number of hydrogen-bond acceptors (Lipinski definition) is 2. The van der Waals surface area contributed by atoms with Crippen molar-refractivity contribution in [1.82, 2.24) is 4.57 Å². The molecule has 0 atom stereocenters. The van der Waals surface area contributed by atoms with Crippen LogP contribution in [0.3, 0.4) is 0 Å². The first-order chi connectivity index (χ1) is 6.53. The van der Waals surface area contributed by atoms with Gasteiger partial charge in [-0.3, -0.25) is 4.79 Å². The molecule has 3 nitrogen and oxygen atoms in total. The Morgan fingerprint density at radius 2 is 2.21 bits per heavy atom. The third kappa shape index (κ3) is 3.21. The average Bonchev–Trinajstić information content (AvgIpc) is 2.49. The van der Waals surface area contributed by atoms with Gasteiger partial charge in [-0.25, -0.2) is 0 Å². The lowest BCUT2D eigenvalue weighted by Gasteiger charge is -2.09. The topological polar surface area (TPSA) is 31.2 Å². The number of rotatable bonds is 4. The molecule has 1 aromatic rings. The van der Waals surface area contributed by atoms with Crippen molar-refractivity contribution in [2.45, 2.75) is 12.9 Å². The zero-order valence-corrected chi connectivity index (χ0v) is 7.12. The highest BCUT2D eigenvalue weighted by Crippen LogP contribution is 2.14. The minimum atomic E-state index is -4.34. The van der Waals surface area contributed by atoms with Crippen LogP contribution in [0.25, 0.3) is 0 Å². The molecule has 78 valence electrons. The quantitative estimate of drug-likeness (QED) is 0.705. The van der Waals surface area contributed by atoms with Gasteiger partial charge in [0.05, 0.1) is 5.69 Å². The molecular weight excluding hydrogens is 199 g/mol. The number of aromatic nitrogens is 1. The number of aldehydes is 1. The maximum absolute atomic E-state index is 11.7. The molecule has 0 aromatic carbocycles. The molecule has 1 aromatic heterocycles. The minimum Gasteiger partial charge on any atom is -0.351 e. The van der Waals surface area contributed by atoms with E-state index in [4.69, 9.17) is 0 Å². The average molecular weight is 207 g/mol. The summed E-state index contributed by atoms with van der Waals surface area (Å²) in [5, 5.41) is 0. The Morgan fingerprint density at radius 3 is 2.79 bits per heavy atom. The summed E-state index contributed by atoms with van der Waals surface area (Å²) >= 11 is 0. The van der Waals surface area contributed by atoms with Crippen molar-refractivity contribution >= 4 is 6.29 Å². The Hall–Kier alpha value is -1.30. The zero-order valence-electron chi connectivity index (χ0n) is 7.12. The molecule has 0 bridgehead atoms. The molecule has 0 aliphatic rings. The Morgan fingerprint density at radius 1 is 1.50 bits per heavy atom. The highest BCUT2D eigenvalue weighted by Gasteiger charge is 2.27. The summed E-state index contributed by atoms with van der Waals surface area (Å²) in [5.74, 6) is 0. The van der Waals surface area contributed by atoms with Crippen molar-refractivity contribution in [2.24, 2.45) is 0 Å². The van der Waals surface area contributed by atoms with Crippen molar-refractivity contribution in [2.75, 3.05) is 6.61 Å². The van der Waals surface area contributed by atoms with Crippen LogP contribution in [-0.2, 0) is 11.5 Å². The third-order valence-electron chi connectivity index (χ3n) is 1.48. The fourth-order valence-corrected chi connectivity index (χ4v) is 0.912. The summed E-state index contributed by atoms with van der Waals surface area (Å²) in [5.41, 5.74) is 0.284. The summed E-state index contributed by atoms with van der Waals surface area (Å²) < 4.78 is 40.6. The van der Waals surface area contributed by atoms with Crippen LogP contribution in [0, 0.1) is 0 Å². The van der Waals surface area contributed by atoms with Crippen molar-refractivity contribution in [3.8, 4) is 0 Å². The number of carbonyl (C=O) groups is 1. The number of halogens is 3. The van der Waals surface area contributed by atoms with Crippen LogP contribution >= 0.6 is 0 Å². The molecule has 6 heteroatoms. The van der Waals surface area contributed by atoms with Gasteiger partial charge in [0, 0.05) is 6.20 Å². The lowest BCUT2D eigenvalue weighted by Crippen LogP contribution is -2.18. The number of carbonyl (C=O) groups excluding carboxylic acids is 1. The minimum absolute atomic E-state index is 0.277. The highest BCUT2D eigenvalue weighted by atomic mass is 19.4. The molecule has 0 fully saturated rings. The van der Waals surface area contributed by atoms with Crippen molar-refractivity contribution in [1.29, 1.82) is 0 Å². The van der Waals surface area contributed by atoms with E-state index in [9.17, 15) is 18.0 Å². The molecule has 0 amide bonds. The third-order valence-corrected chi connectivity index (χ3v) is 1.48. The van der Waals surface area contributed by atoms with E-state index < -0.39 is 12.8 Å². The second-order valence-corrected chi connectivity index (χ2v) is 2.61. The Kier molecular flexibility index (Phi) is 3.29. The fourth-order valence-electron chi connectivity index (χ4n) is 0.912. The van der Waals surface area contributed by atoms with Crippen LogP contribution in [0.4, 0.5) is 13.2 Å². The van der Waals surface area contributed by atoms with Crippen LogP contribution in [0.5, 0.6) is 0 Å². The van der Waals surface area contributed by atoms with Gasteiger partial charge in [0.2, 0.25) is 0 Å². The van der Waals surface area contributed by atoms with Gasteiger partial charge in [-0.05, 0) is 12.1 Å². The van der Waals surface area contributed by atoms with Crippen LogP contribution < -0.4 is 0 Å². The summed E-state index contributed by atoms with van der Waals surface area (Å²) in [6.45, 7) is -1.59. The molecule has 0 aliphatic carbocycles. The molecular formula is C8H8F3NO2. The first-order valence-electron chi connectivity index (χ1n) is 3.78. The summed E-state index contributed by atoms with van der Waals surface area (Å²) in [6.07, 6.45) is -2.31. The van der Waals surface area contributed by atoms with E-state index >= 15 is 0 Å². The Labute approximate surface area is 78.1 Å². The maximum atomic E-state index is 11.7. The summed E-state index contributed by atoms with van der Waals surface area (Å²) in [7, 11) is 0. The predicted molar refractivity (Wildman–Crippen MR) is 41.8 cm³/mol. The van der Waals surface area contributed by atoms with Gasteiger partial charge in [-0.1, -0.05) is 0 Å². The molecule has 0 unspecified atom stereocenters. The molecule has 0 aliphatic heterocycles. The van der Waals surface area contributed by atoms with Gasteiger partial charge in [0.1, 0.15) is 13.3 Å². The molecule has 1 heterocycles. The molecule has 0 saturated carbocycles. The van der Waals surface area contributed by atoms with Gasteiger partial charge < -0.3 is 9.30 Å². The standard InChI is InChI=1S/C8H8F3NO2/c9-8(10,11)5-14-6-12-3-1-2-7(12)4-13/h1-4H,5-6H2. The highest BCUT2D eigenvalue weighted by molar-refractivity contribution is 5.72. The molecule has 0 N–H and O–H groups in total. The second kappa shape index (κ2) is 4.28. The van der Waals surface area contributed by atoms with Gasteiger partial charge in [0.25, 0.3) is 0 Å². The lowest BCUT2D eigenvalue weighted by atomic mass is 10.5. The van der Waals surface area contributed by atoms with Gasteiger partial charge in [-0.2, -0.15) is 13.2 Å². The number of alkyl halides is 3. The lowest BCUT2D eigenvalue weighted by molar-refractivity contribution is -0.181. The SMILES string of the molecule is O=Cc1cccn1COCC(F)(F)F. The van der Waals surface area contributed by atoms with E-state index in [2.05, 4.69) is 4.74 Å². The van der Waals surface area contributed by atoms with Gasteiger partial charge in [0.15, 0.2) is 6.29 Å². The zero-order chi connectivity index (χ0) is 10.6. The second-order valence-electron chi connectivity index (χ2n) is 2.61. The molecule has 14 heavy (non-hydrogen) atoms. The molecule has 1 rings (SSSR count). The fraction of sp³-hybridized carbons (Fsp3) is 0.375. The smallest absolute Gasteiger partial charge is 0.351 e. The van der Waals surface area contributed by atoms with E-state index in [-0.39, 0.29) is 12.4 Å². The number of nitrogens with zero attached hydrogens (tertiary/aromatic N) is 1. The first kappa shape index (κ1) is 10.8. The van der Waals surface area contributed by atoms with E-state index in [1.807, 2.05) is 0 Å². The predicted octanol–water partition coefficient (Wildman–Crippen LogP) is 1.84. The monoisotopic (exact) mass is 207 g/mol. The van der Waals surface area contributed by atoms with Crippen molar-refractivity contribution < 1.29 is 22.7 Å². The van der Waals surface area contributed by atoms with Crippen molar-refractivity contribution in [3.05, 3.63) is 24.0 Å². The number of ether oxygens (including phenoxy) is 1. The van der Waals surface area contributed by atoms with Crippen LogP contribution in [0.15, 0.2) is 18.3 Å². The molecule has 0 saturated heterocycles. The maximum Gasteiger partial charge on any atom is 0.411 e. The van der Waals surface area contributed by atoms with E-state index in [1.54, 1.807) is 6.07 Å². The van der Waals surface area contributed by atoms with Gasteiger partial charge in [-0.15, -0.1) is 0 Å². The van der Waals surface area contributed by atoms with Crippen molar-refractivity contribution in [3.63, 3.8) is 0 Å². The van der Waals surface area contributed by atoms with Gasteiger partial charge >= 0.3 is 6.18 Å². The Bertz CT molecular complexity index is 306. The first-order valence-corrected chi connectivity index (χ1v) is 3.78. The van der Waals surface area contributed by atoms with E-state index in [0.717, 1.165) is 0 Å². The Balaban J connectivity index is 2.42. The van der Waals surface area contributed by atoms with Crippen LogP contribution in [0.1, 0.15) is 10.5 Å². The normalized spacial score (nSPS) is 11.6. The van der Waals surface area contributed by atoms with Crippen LogP contribution in [0.2, 0.25) is 0 Å².